The van der Waals surface area contributed by atoms with Crippen LogP contribution in [0.3, 0.4) is 0 Å². The maximum Gasteiger partial charge on any atom is 0.286 e. The third-order valence-electron chi connectivity index (χ3n) is 3.50. The van der Waals surface area contributed by atoms with Crippen LogP contribution in [-0.2, 0) is 13.1 Å². The fourth-order valence-corrected chi connectivity index (χ4v) is 2.53. The maximum atomic E-state index is 10.9. The lowest BCUT2D eigenvalue weighted by Gasteiger charge is -2.05. The first-order valence-corrected chi connectivity index (χ1v) is 6.80. The largest absolute Gasteiger partial charge is 0.286 e. The van der Waals surface area contributed by atoms with Crippen LogP contribution in [0.5, 0.6) is 0 Å². The van der Waals surface area contributed by atoms with Crippen LogP contribution < -0.4 is 4.57 Å². The molecule has 0 N–H and O–H groups in total. The third-order valence-corrected chi connectivity index (χ3v) is 3.50. The van der Waals surface area contributed by atoms with Gasteiger partial charge in [-0.3, -0.25) is 10.1 Å². The minimum atomic E-state index is -0.286. The average Bonchev–Trinajstić information content (AvgIpc) is 2.50. The highest BCUT2D eigenvalue weighted by atomic mass is 16.6. The molecule has 4 heteroatoms. The summed E-state index contributed by atoms with van der Waals surface area (Å²) >= 11 is 0. The molecule has 0 radical (unpaired) electrons. The molecule has 0 aliphatic carbocycles. The van der Waals surface area contributed by atoms with Crippen LogP contribution in [-0.4, -0.2) is 4.92 Å². The molecule has 3 aromatic rings. The van der Waals surface area contributed by atoms with Crippen LogP contribution in [0.25, 0.3) is 10.9 Å². The van der Waals surface area contributed by atoms with E-state index in [2.05, 4.69) is 0 Å². The lowest BCUT2D eigenvalue weighted by molar-refractivity contribution is -0.685. The topological polar surface area (TPSA) is 47.0 Å². The Morgan fingerprint density at radius 3 is 2.38 bits per heavy atom. The molecule has 1 aromatic heterocycles. The first-order valence-electron chi connectivity index (χ1n) is 6.80. The molecule has 4 nitrogen and oxygen atoms in total. The Morgan fingerprint density at radius 2 is 1.62 bits per heavy atom. The van der Waals surface area contributed by atoms with Crippen molar-refractivity contribution in [3.05, 3.63) is 88.1 Å². The smallest absolute Gasteiger partial charge is 0.264 e. The van der Waals surface area contributed by atoms with Gasteiger partial charge in [0, 0.05) is 28.0 Å². The van der Waals surface area contributed by atoms with E-state index in [0.29, 0.717) is 12.2 Å². The number of pyridine rings is 1. The van der Waals surface area contributed by atoms with E-state index in [-0.39, 0.29) is 11.5 Å². The molecular formula is C17H15N2O2+. The fraction of sp³-hybridized carbons (Fsp3) is 0.118. The Balaban J connectivity index is 2.13. The monoisotopic (exact) mass is 279 g/mol. The summed E-state index contributed by atoms with van der Waals surface area (Å²) in [5.41, 5.74) is 2.85. The van der Waals surface area contributed by atoms with E-state index in [9.17, 15) is 10.1 Å². The van der Waals surface area contributed by atoms with Gasteiger partial charge >= 0.3 is 0 Å². The van der Waals surface area contributed by atoms with E-state index in [1.54, 1.807) is 0 Å². The average molecular weight is 279 g/mol. The molecule has 0 aliphatic rings. The molecule has 0 spiro atoms. The molecule has 0 amide bonds. The number of fused-ring (bicyclic) bond motifs is 1. The predicted molar refractivity (Wildman–Crippen MR) is 80.4 cm³/mol. The number of benzene rings is 2. The van der Waals surface area contributed by atoms with E-state index < -0.39 is 0 Å². The van der Waals surface area contributed by atoms with Crippen molar-refractivity contribution >= 4 is 10.9 Å². The Morgan fingerprint density at radius 1 is 0.905 bits per heavy atom. The standard InChI is InChI=1S/C17H15N2O2/c20-19(21)13-16-11-10-15-8-4-5-9-17(15)18(16)12-14-6-2-1-3-7-14/h1-11H,12-13H2/q+1. The number of hydrogen-bond acceptors (Lipinski definition) is 2. The summed E-state index contributed by atoms with van der Waals surface area (Å²) in [6.45, 7) is 0.461. The van der Waals surface area contributed by atoms with E-state index in [1.807, 2.05) is 71.3 Å². The van der Waals surface area contributed by atoms with Crippen molar-refractivity contribution in [3.63, 3.8) is 0 Å². The van der Waals surface area contributed by atoms with Gasteiger partial charge in [0.2, 0.25) is 5.52 Å². The van der Waals surface area contributed by atoms with E-state index in [1.165, 1.54) is 0 Å². The quantitative estimate of drug-likeness (QED) is 0.419. The second-order valence-electron chi connectivity index (χ2n) is 4.95. The zero-order chi connectivity index (χ0) is 14.7. The second-order valence-corrected chi connectivity index (χ2v) is 4.95. The Labute approximate surface area is 122 Å². The highest BCUT2D eigenvalue weighted by Gasteiger charge is 2.19. The van der Waals surface area contributed by atoms with Gasteiger partial charge in [-0.15, -0.1) is 0 Å². The van der Waals surface area contributed by atoms with Crippen molar-refractivity contribution in [2.45, 2.75) is 13.1 Å². The molecular weight excluding hydrogens is 264 g/mol. The number of nitro groups is 1. The highest BCUT2D eigenvalue weighted by Crippen LogP contribution is 2.12. The number of nitrogens with zero attached hydrogens (tertiary/aromatic N) is 2. The summed E-state index contributed by atoms with van der Waals surface area (Å²) in [5, 5.41) is 12.0. The normalized spacial score (nSPS) is 10.7. The molecule has 3 rings (SSSR count). The Hall–Kier alpha value is -2.75. The van der Waals surface area contributed by atoms with E-state index in [0.717, 1.165) is 16.5 Å². The lowest BCUT2D eigenvalue weighted by atomic mass is 10.1. The maximum absolute atomic E-state index is 10.9. The van der Waals surface area contributed by atoms with Crippen LogP contribution in [0.1, 0.15) is 11.3 Å². The van der Waals surface area contributed by atoms with Crippen molar-refractivity contribution in [2.24, 2.45) is 0 Å². The molecule has 0 fully saturated rings. The minimum absolute atomic E-state index is 0.169. The van der Waals surface area contributed by atoms with Crippen molar-refractivity contribution in [3.8, 4) is 0 Å². The molecule has 1 heterocycles. The first kappa shape index (κ1) is 13.2. The number of aromatic nitrogens is 1. The number of para-hydroxylation sites is 1. The minimum Gasteiger partial charge on any atom is -0.264 e. The van der Waals surface area contributed by atoms with E-state index >= 15 is 0 Å². The summed E-state index contributed by atoms with van der Waals surface area (Å²) in [5.74, 6) is 0. The van der Waals surface area contributed by atoms with Gasteiger partial charge in [-0.1, -0.05) is 42.5 Å². The van der Waals surface area contributed by atoms with Crippen molar-refractivity contribution in [1.29, 1.82) is 0 Å². The van der Waals surface area contributed by atoms with Gasteiger partial charge in [0.25, 0.3) is 12.2 Å². The number of hydrogen-bond donors (Lipinski definition) is 0. The zero-order valence-electron chi connectivity index (χ0n) is 11.5. The molecule has 21 heavy (non-hydrogen) atoms. The number of rotatable bonds is 4. The fourth-order valence-electron chi connectivity index (χ4n) is 2.53. The lowest BCUT2D eigenvalue weighted by Crippen LogP contribution is -2.40. The predicted octanol–water partition coefficient (Wildman–Crippen LogP) is 2.95. The molecule has 2 aromatic carbocycles. The van der Waals surface area contributed by atoms with Crippen LogP contribution in [0, 0.1) is 10.1 Å². The highest BCUT2D eigenvalue weighted by molar-refractivity contribution is 5.75. The van der Waals surface area contributed by atoms with Gasteiger partial charge in [-0.2, -0.15) is 4.57 Å². The second kappa shape index (κ2) is 5.71. The molecule has 104 valence electrons. The third kappa shape index (κ3) is 2.89. The SMILES string of the molecule is O=[N+]([O-])Cc1ccc2ccccc2[n+]1Cc1ccccc1. The van der Waals surface area contributed by atoms with Crippen molar-refractivity contribution in [1.82, 2.24) is 0 Å². The van der Waals surface area contributed by atoms with E-state index in [4.69, 9.17) is 0 Å². The zero-order valence-corrected chi connectivity index (χ0v) is 11.5. The van der Waals surface area contributed by atoms with Gasteiger partial charge in [-0.25, -0.2) is 0 Å². The Bertz CT molecular complexity index is 785. The molecule has 0 saturated heterocycles. The summed E-state index contributed by atoms with van der Waals surface area (Å²) < 4.78 is 2.02. The van der Waals surface area contributed by atoms with Gasteiger partial charge in [0.15, 0.2) is 6.54 Å². The van der Waals surface area contributed by atoms with Crippen molar-refractivity contribution < 1.29 is 9.49 Å². The van der Waals surface area contributed by atoms with Crippen molar-refractivity contribution in [2.75, 3.05) is 0 Å². The molecule has 0 aliphatic heterocycles. The summed E-state index contributed by atoms with van der Waals surface area (Å²) in [6, 6.07) is 21.7. The molecule has 0 bridgehead atoms. The van der Waals surface area contributed by atoms with Gasteiger partial charge < -0.3 is 0 Å². The Kier molecular flexibility index (Phi) is 3.60. The van der Waals surface area contributed by atoms with Crippen LogP contribution in [0.4, 0.5) is 0 Å². The van der Waals surface area contributed by atoms with Crippen LogP contribution >= 0.6 is 0 Å². The first-order chi connectivity index (χ1) is 10.2. The van der Waals surface area contributed by atoms with Crippen LogP contribution in [0.15, 0.2) is 66.7 Å². The summed E-state index contributed by atoms with van der Waals surface area (Å²) in [4.78, 5) is 10.6. The van der Waals surface area contributed by atoms with Gasteiger partial charge in [0.1, 0.15) is 0 Å². The molecule has 0 unspecified atom stereocenters. The molecule has 0 saturated carbocycles. The molecule has 0 atom stereocenters. The summed E-state index contributed by atoms with van der Waals surface area (Å²) in [7, 11) is 0. The van der Waals surface area contributed by atoms with Crippen LogP contribution in [0.2, 0.25) is 0 Å². The van der Waals surface area contributed by atoms with Gasteiger partial charge in [0.05, 0.1) is 0 Å². The van der Waals surface area contributed by atoms with Gasteiger partial charge in [-0.05, 0) is 12.1 Å². The summed E-state index contributed by atoms with van der Waals surface area (Å²) in [6.07, 6.45) is 0.